The predicted octanol–water partition coefficient (Wildman–Crippen LogP) is 5.19. The molecule has 25 heavy (non-hydrogen) atoms. The molecule has 2 fully saturated rings. The van der Waals surface area contributed by atoms with Gasteiger partial charge in [-0.15, -0.1) is 0 Å². The van der Waals surface area contributed by atoms with Crippen LogP contribution in [0.2, 0.25) is 0 Å². The van der Waals surface area contributed by atoms with E-state index in [1.54, 1.807) is 6.07 Å². The molecule has 0 spiro atoms. The smallest absolute Gasteiger partial charge is 0.123 e. The molecule has 2 N–H and O–H groups in total. The quantitative estimate of drug-likeness (QED) is 0.675. The van der Waals surface area contributed by atoms with E-state index in [9.17, 15) is 4.39 Å². The van der Waals surface area contributed by atoms with Crippen LogP contribution in [-0.4, -0.2) is 17.1 Å². The molecule has 0 bridgehead atoms. The Kier molecular flexibility index (Phi) is 3.37. The van der Waals surface area contributed by atoms with Crippen LogP contribution in [0.4, 0.5) is 15.8 Å². The van der Waals surface area contributed by atoms with E-state index in [-0.39, 0.29) is 5.82 Å². The summed E-state index contributed by atoms with van der Waals surface area (Å²) in [7, 11) is 0. The van der Waals surface area contributed by atoms with Crippen LogP contribution in [0.5, 0.6) is 0 Å². The molecule has 0 aliphatic heterocycles. The zero-order chi connectivity index (χ0) is 16.8. The molecule has 2 aliphatic rings. The van der Waals surface area contributed by atoms with Gasteiger partial charge in [-0.3, -0.25) is 0 Å². The molecule has 2 aliphatic carbocycles. The van der Waals surface area contributed by atoms with E-state index < -0.39 is 0 Å². The summed E-state index contributed by atoms with van der Waals surface area (Å²) >= 11 is 0. The molecule has 5 rings (SSSR count). The molecular formula is C21H20FN3. The second-order valence-electron chi connectivity index (χ2n) is 7.13. The number of rotatable bonds is 5. The third-order valence-corrected chi connectivity index (χ3v) is 4.81. The van der Waals surface area contributed by atoms with Gasteiger partial charge in [-0.2, -0.15) is 0 Å². The van der Waals surface area contributed by atoms with Gasteiger partial charge in [0, 0.05) is 34.4 Å². The van der Waals surface area contributed by atoms with E-state index in [2.05, 4.69) is 34.9 Å². The van der Waals surface area contributed by atoms with Crippen molar-refractivity contribution in [2.24, 2.45) is 0 Å². The second kappa shape index (κ2) is 5.73. The maximum atomic E-state index is 13.6. The van der Waals surface area contributed by atoms with Gasteiger partial charge in [0.15, 0.2) is 0 Å². The van der Waals surface area contributed by atoms with Crippen LogP contribution in [-0.2, 0) is 0 Å². The zero-order valence-electron chi connectivity index (χ0n) is 13.9. The van der Waals surface area contributed by atoms with Crippen molar-refractivity contribution < 1.29 is 4.39 Å². The van der Waals surface area contributed by atoms with Gasteiger partial charge in [0.05, 0.1) is 11.2 Å². The van der Waals surface area contributed by atoms with Gasteiger partial charge < -0.3 is 10.6 Å². The number of nitrogens with zero attached hydrogens (tertiary/aromatic N) is 1. The normalized spacial score (nSPS) is 16.8. The molecular weight excluding hydrogens is 313 g/mol. The van der Waals surface area contributed by atoms with Crippen molar-refractivity contribution in [2.45, 2.75) is 37.8 Å². The topological polar surface area (TPSA) is 37.0 Å². The minimum absolute atomic E-state index is 0.236. The molecule has 0 saturated heterocycles. The first-order valence-corrected chi connectivity index (χ1v) is 8.98. The van der Waals surface area contributed by atoms with Crippen LogP contribution in [0.15, 0.2) is 48.5 Å². The number of benzene rings is 2. The molecule has 1 heterocycles. The lowest BCUT2D eigenvalue weighted by Gasteiger charge is -2.13. The minimum atomic E-state index is -0.236. The SMILES string of the molecule is Fc1cccc(-c2cc(NC3CC3)c3cc(NC4CC4)ccc3n2)c1. The average Bonchev–Trinajstić information content (AvgIpc) is 3.52. The van der Waals surface area contributed by atoms with E-state index in [0.29, 0.717) is 12.1 Å². The van der Waals surface area contributed by atoms with Gasteiger partial charge in [-0.25, -0.2) is 9.37 Å². The highest BCUT2D eigenvalue weighted by atomic mass is 19.1. The number of halogens is 1. The van der Waals surface area contributed by atoms with Gasteiger partial charge in [-0.1, -0.05) is 12.1 Å². The van der Waals surface area contributed by atoms with Crippen molar-refractivity contribution in [1.82, 2.24) is 4.98 Å². The number of hydrogen-bond donors (Lipinski definition) is 2. The largest absolute Gasteiger partial charge is 0.382 e. The molecule has 3 nitrogen and oxygen atoms in total. The van der Waals surface area contributed by atoms with Crippen LogP contribution in [0, 0.1) is 5.82 Å². The summed E-state index contributed by atoms with van der Waals surface area (Å²) in [6, 6.07) is 16.2. The summed E-state index contributed by atoms with van der Waals surface area (Å²) in [5.41, 5.74) is 4.78. The van der Waals surface area contributed by atoms with Crippen LogP contribution >= 0.6 is 0 Å². The standard InChI is InChI=1S/C21H20FN3/c22-14-3-1-2-13(10-14)20-12-21(24-16-6-7-16)18-11-17(23-15-4-5-15)8-9-19(18)25-20/h1-3,8-12,15-16,23H,4-7H2,(H,24,25). The lowest BCUT2D eigenvalue weighted by molar-refractivity contribution is 0.628. The van der Waals surface area contributed by atoms with Crippen LogP contribution in [0.3, 0.4) is 0 Å². The first-order chi connectivity index (χ1) is 12.2. The minimum Gasteiger partial charge on any atom is -0.382 e. The highest BCUT2D eigenvalue weighted by molar-refractivity contribution is 5.96. The van der Waals surface area contributed by atoms with Crippen LogP contribution in [0.25, 0.3) is 22.2 Å². The Morgan fingerprint density at radius 3 is 2.44 bits per heavy atom. The Hall–Kier alpha value is -2.62. The molecule has 2 aromatic carbocycles. The number of aromatic nitrogens is 1. The lowest BCUT2D eigenvalue weighted by atomic mass is 10.1. The molecule has 0 radical (unpaired) electrons. The lowest BCUT2D eigenvalue weighted by Crippen LogP contribution is -2.04. The first-order valence-electron chi connectivity index (χ1n) is 8.98. The molecule has 4 heteroatoms. The Bertz CT molecular complexity index is 945. The fourth-order valence-corrected chi connectivity index (χ4v) is 3.14. The maximum absolute atomic E-state index is 13.6. The first kappa shape index (κ1) is 14.7. The van der Waals surface area contributed by atoms with Crippen molar-refractivity contribution in [3.63, 3.8) is 0 Å². The van der Waals surface area contributed by atoms with Gasteiger partial charge in [-0.05, 0) is 62.1 Å². The Labute approximate surface area is 146 Å². The molecule has 1 aromatic heterocycles. The monoisotopic (exact) mass is 333 g/mol. The van der Waals surface area contributed by atoms with Gasteiger partial charge in [0.2, 0.25) is 0 Å². The van der Waals surface area contributed by atoms with E-state index in [4.69, 9.17) is 4.98 Å². The van der Waals surface area contributed by atoms with E-state index in [1.165, 1.54) is 37.8 Å². The van der Waals surface area contributed by atoms with Crippen molar-refractivity contribution in [3.8, 4) is 11.3 Å². The molecule has 0 atom stereocenters. The summed E-state index contributed by atoms with van der Waals surface area (Å²) < 4.78 is 13.6. The van der Waals surface area contributed by atoms with E-state index in [1.807, 2.05) is 6.07 Å². The van der Waals surface area contributed by atoms with Crippen molar-refractivity contribution in [2.75, 3.05) is 10.6 Å². The third kappa shape index (κ3) is 3.16. The molecule has 0 unspecified atom stereocenters. The van der Waals surface area contributed by atoms with Gasteiger partial charge in [0.1, 0.15) is 5.82 Å². The molecule has 3 aromatic rings. The summed E-state index contributed by atoms with van der Waals surface area (Å²) in [4.78, 5) is 4.78. The summed E-state index contributed by atoms with van der Waals surface area (Å²) in [6.07, 6.45) is 4.92. The second-order valence-corrected chi connectivity index (χ2v) is 7.13. The number of pyridine rings is 1. The van der Waals surface area contributed by atoms with Crippen molar-refractivity contribution in [3.05, 3.63) is 54.3 Å². The van der Waals surface area contributed by atoms with Crippen LogP contribution in [0.1, 0.15) is 25.7 Å². The Morgan fingerprint density at radius 1 is 0.880 bits per heavy atom. The summed E-state index contributed by atoms with van der Waals surface area (Å²) in [5, 5.41) is 8.29. The van der Waals surface area contributed by atoms with Crippen LogP contribution < -0.4 is 10.6 Å². The fourth-order valence-electron chi connectivity index (χ4n) is 3.14. The predicted molar refractivity (Wildman–Crippen MR) is 100 cm³/mol. The van der Waals surface area contributed by atoms with Crippen molar-refractivity contribution >= 4 is 22.3 Å². The Morgan fingerprint density at radius 2 is 1.68 bits per heavy atom. The van der Waals surface area contributed by atoms with E-state index >= 15 is 0 Å². The number of anilines is 2. The van der Waals surface area contributed by atoms with Gasteiger partial charge >= 0.3 is 0 Å². The molecule has 2 saturated carbocycles. The highest BCUT2D eigenvalue weighted by Crippen LogP contribution is 2.35. The fraction of sp³-hybridized carbons (Fsp3) is 0.286. The van der Waals surface area contributed by atoms with E-state index in [0.717, 1.165) is 33.5 Å². The molecule has 126 valence electrons. The summed E-state index contributed by atoms with van der Waals surface area (Å²) in [5.74, 6) is -0.236. The highest BCUT2D eigenvalue weighted by Gasteiger charge is 2.23. The zero-order valence-corrected chi connectivity index (χ0v) is 13.9. The molecule has 0 amide bonds. The van der Waals surface area contributed by atoms with Crippen molar-refractivity contribution in [1.29, 1.82) is 0 Å². The Balaban J connectivity index is 1.61. The van der Waals surface area contributed by atoms with Gasteiger partial charge in [0.25, 0.3) is 0 Å². The number of fused-ring (bicyclic) bond motifs is 1. The number of nitrogens with one attached hydrogen (secondary N) is 2. The maximum Gasteiger partial charge on any atom is 0.123 e. The summed E-state index contributed by atoms with van der Waals surface area (Å²) in [6.45, 7) is 0. The third-order valence-electron chi connectivity index (χ3n) is 4.81. The number of hydrogen-bond acceptors (Lipinski definition) is 3. The average molecular weight is 333 g/mol.